The van der Waals surface area contributed by atoms with Gasteiger partial charge in [-0.15, -0.1) is 0 Å². The minimum atomic E-state index is 0.373. The van der Waals surface area contributed by atoms with Gasteiger partial charge in [0.15, 0.2) is 0 Å². The predicted molar refractivity (Wildman–Crippen MR) is 175 cm³/mol. The number of benzene rings is 2. The Morgan fingerprint density at radius 3 is 2.51 bits per heavy atom. The van der Waals surface area contributed by atoms with Gasteiger partial charge in [0.05, 0.1) is 50.9 Å². The topological polar surface area (TPSA) is 89.3 Å². The number of pyridine rings is 2. The van der Waals surface area contributed by atoms with Gasteiger partial charge >= 0.3 is 0 Å². The highest BCUT2D eigenvalue weighted by atomic mass is 35.5. The molecule has 1 aliphatic rings. The van der Waals surface area contributed by atoms with Crippen LogP contribution in [0, 0.1) is 23.2 Å². The second kappa shape index (κ2) is 13.9. The zero-order valence-corrected chi connectivity index (χ0v) is 26.0. The molecule has 1 saturated heterocycles. The van der Waals surface area contributed by atoms with Crippen LogP contribution in [0.2, 0.25) is 10.0 Å². The summed E-state index contributed by atoms with van der Waals surface area (Å²) in [5.74, 6) is 7.09. The first kappa shape index (κ1) is 30.4. The van der Waals surface area contributed by atoms with Crippen molar-refractivity contribution in [1.82, 2.24) is 19.8 Å². The van der Waals surface area contributed by atoms with Crippen molar-refractivity contribution in [3.63, 3.8) is 0 Å². The van der Waals surface area contributed by atoms with E-state index >= 15 is 0 Å². The molecule has 8 nitrogen and oxygen atoms in total. The fraction of sp³-hybridized carbons (Fsp3) is 0.303. The SMILES string of the molecule is CCNc1cc2c(Nc3cc(OC)c(Cl)cc3Cl)c(C#N)cnc2cc1C#Cc1cncc(CCN2CCN(C)CC2)c1. The summed E-state index contributed by atoms with van der Waals surface area (Å²) >= 11 is 12.7. The zero-order valence-electron chi connectivity index (χ0n) is 24.5. The minimum absolute atomic E-state index is 0.373. The van der Waals surface area contributed by atoms with Crippen LogP contribution in [-0.2, 0) is 6.42 Å². The third-order valence-corrected chi connectivity index (χ3v) is 8.05. The molecular weight excluding hydrogens is 581 g/mol. The van der Waals surface area contributed by atoms with Crippen molar-refractivity contribution >= 4 is 51.2 Å². The number of hydrogen-bond acceptors (Lipinski definition) is 8. The Morgan fingerprint density at radius 1 is 0.953 bits per heavy atom. The smallest absolute Gasteiger partial charge is 0.139 e. The monoisotopic (exact) mass is 613 g/mol. The Labute approximate surface area is 262 Å². The van der Waals surface area contributed by atoms with E-state index in [0.29, 0.717) is 44.8 Å². The maximum Gasteiger partial charge on any atom is 0.139 e. The molecule has 1 aliphatic heterocycles. The molecule has 10 heteroatoms. The summed E-state index contributed by atoms with van der Waals surface area (Å²) in [6.07, 6.45) is 6.21. The van der Waals surface area contributed by atoms with Crippen LogP contribution in [0.1, 0.15) is 29.2 Å². The van der Waals surface area contributed by atoms with Crippen molar-refractivity contribution in [3.8, 4) is 23.7 Å². The Bertz CT molecular complexity index is 1730. The van der Waals surface area contributed by atoms with Gasteiger partial charge in [-0.3, -0.25) is 9.97 Å². The maximum atomic E-state index is 9.90. The highest BCUT2D eigenvalue weighted by Gasteiger charge is 2.16. The molecule has 2 aromatic carbocycles. The number of likely N-dealkylation sites (N-methyl/N-ethyl adjacent to an activating group) is 1. The van der Waals surface area contributed by atoms with E-state index in [0.717, 1.165) is 61.3 Å². The number of ether oxygens (including phenoxy) is 1. The van der Waals surface area contributed by atoms with Gasteiger partial charge in [0.2, 0.25) is 0 Å². The Kier molecular flexibility index (Phi) is 9.86. The van der Waals surface area contributed by atoms with E-state index in [1.54, 1.807) is 24.5 Å². The van der Waals surface area contributed by atoms with Gasteiger partial charge in [0.1, 0.15) is 11.8 Å². The molecule has 0 bridgehead atoms. The number of nitrogens with zero attached hydrogens (tertiary/aromatic N) is 5. The summed E-state index contributed by atoms with van der Waals surface area (Å²) in [4.78, 5) is 13.9. The van der Waals surface area contributed by atoms with Gasteiger partial charge < -0.3 is 25.2 Å². The molecule has 43 heavy (non-hydrogen) atoms. The van der Waals surface area contributed by atoms with Crippen molar-refractivity contribution in [2.45, 2.75) is 13.3 Å². The van der Waals surface area contributed by atoms with Crippen molar-refractivity contribution in [2.75, 3.05) is 64.1 Å². The molecule has 1 fully saturated rings. The molecule has 0 radical (unpaired) electrons. The van der Waals surface area contributed by atoms with E-state index in [9.17, 15) is 5.26 Å². The fourth-order valence-corrected chi connectivity index (χ4v) is 5.51. The third kappa shape index (κ3) is 7.30. The summed E-state index contributed by atoms with van der Waals surface area (Å²) in [5.41, 5.74) is 5.86. The van der Waals surface area contributed by atoms with E-state index in [1.807, 2.05) is 25.3 Å². The lowest BCUT2D eigenvalue weighted by molar-refractivity contribution is 0.155. The van der Waals surface area contributed by atoms with Gasteiger partial charge in [-0.2, -0.15) is 5.26 Å². The quantitative estimate of drug-likeness (QED) is 0.228. The first-order chi connectivity index (χ1) is 20.9. The number of hydrogen-bond donors (Lipinski definition) is 2. The van der Waals surface area contributed by atoms with Crippen LogP contribution in [0.5, 0.6) is 5.75 Å². The highest BCUT2D eigenvalue weighted by molar-refractivity contribution is 6.37. The van der Waals surface area contributed by atoms with Crippen LogP contribution in [0.25, 0.3) is 10.9 Å². The number of halogens is 2. The standard InChI is InChI=1S/C33H33Cl2N7O/c1-4-38-29-15-26-30(39-21-25(18-36)33(26)40-31-17-32(43-3)28(35)16-27(31)34)14-24(29)6-5-22-13-23(20-37-19-22)7-8-42-11-9-41(2)10-12-42/h13-17,19-21,38H,4,7-12H2,1-3H3,(H,39,40). The molecule has 2 N–H and O–H groups in total. The Hall–Kier alpha value is -4.05. The summed E-state index contributed by atoms with van der Waals surface area (Å²) in [6.45, 7) is 8.15. The van der Waals surface area contributed by atoms with Gasteiger partial charge in [-0.25, -0.2) is 0 Å². The number of rotatable bonds is 8. The molecule has 0 amide bonds. The molecular formula is C33H33Cl2N7O. The van der Waals surface area contributed by atoms with Gasteiger partial charge in [0.25, 0.3) is 0 Å². The van der Waals surface area contributed by atoms with E-state index in [2.05, 4.69) is 61.4 Å². The van der Waals surface area contributed by atoms with Gasteiger partial charge in [-0.05, 0) is 50.2 Å². The minimum Gasteiger partial charge on any atom is -0.495 e. The number of piperazine rings is 1. The van der Waals surface area contributed by atoms with Crippen LogP contribution in [0.3, 0.4) is 0 Å². The molecule has 3 heterocycles. The second-order valence-corrected chi connectivity index (χ2v) is 11.2. The average Bonchev–Trinajstić information content (AvgIpc) is 3.01. The summed E-state index contributed by atoms with van der Waals surface area (Å²) in [7, 11) is 3.71. The predicted octanol–water partition coefficient (Wildman–Crippen LogP) is 6.18. The lowest BCUT2D eigenvalue weighted by Gasteiger charge is -2.32. The summed E-state index contributed by atoms with van der Waals surface area (Å²) in [6, 6.07) is 11.6. The fourth-order valence-electron chi connectivity index (χ4n) is 5.01. The second-order valence-electron chi connectivity index (χ2n) is 10.4. The summed E-state index contributed by atoms with van der Waals surface area (Å²) in [5, 5.41) is 18.2. The van der Waals surface area contributed by atoms with Crippen molar-refractivity contribution < 1.29 is 4.74 Å². The number of fused-ring (bicyclic) bond motifs is 1. The molecule has 2 aromatic heterocycles. The van der Waals surface area contributed by atoms with Crippen molar-refractivity contribution in [1.29, 1.82) is 5.26 Å². The molecule has 0 atom stereocenters. The van der Waals surface area contributed by atoms with Crippen LogP contribution in [0.4, 0.5) is 17.1 Å². The molecule has 0 unspecified atom stereocenters. The first-order valence-corrected chi connectivity index (χ1v) is 14.9. The first-order valence-electron chi connectivity index (χ1n) is 14.2. The van der Waals surface area contributed by atoms with Crippen LogP contribution in [-0.4, -0.2) is 73.2 Å². The number of anilines is 3. The lowest BCUT2D eigenvalue weighted by Crippen LogP contribution is -2.45. The van der Waals surface area contributed by atoms with Gasteiger partial charge in [-0.1, -0.05) is 35.0 Å². The number of nitrogens with one attached hydrogen (secondary N) is 2. The largest absolute Gasteiger partial charge is 0.495 e. The Balaban J connectivity index is 1.45. The van der Waals surface area contributed by atoms with Crippen LogP contribution in [0.15, 0.2) is 48.9 Å². The van der Waals surface area contributed by atoms with E-state index in [-0.39, 0.29) is 0 Å². The molecule has 220 valence electrons. The molecule has 0 spiro atoms. The number of methoxy groups -OCH3 is 1. The molecule has 0 aliphatic carbocycles. The Morgan fingerprint density at radius 2 is 1.77 bits per heavy atom. The van der Waals surface area contributed by atoms with E-state index in [4.69, 9.17) is 27.9 Å². The van der Waals surface area contributed by atoms with E-state index < -0.39 is 0 Å². The van der Waals surface area contributed by atoms with Gasteiger partial charge in [0, 0.05) is 74.9 Å². The van der Waals surface area contributed by atoms with Crippen LogP contribution >= 0.6 is 23.2 Å². The zero-order chi connectivity index (χ0) is 30.3. The lowest BCUT2D eigenvalue weighted by atomic mass is 10.0. The number of aromatic nitrogens is 2. The maximum absolute atomic E-state index is 9.90. The highest BCUT2D eigenvalue weighted by Crippen LogP contribution is 2.38. The molecule has 0 saturated carbocycles. The van der Waals surface area contributed by atoms with E-state index in [1.165, 1.54) is 12.7 Å². The summed E-state index contributed by atoms with van der Waals surface area (Å²) < 4.78 is 5.36. The van der Waals surface area contributed by atoms with Crippen molar-refractivity contribution in [3.05, 3.63) is 81.2 Å². The average molecular weight is 615 g/mol. The molecule has 5 rings (SSSR count). The third-order valence-electron chi connectivity index (χ3n) is 7.45. The normalized spacial score (nSPS) is 13.7. The molecule has 4 aromatic rings. The van der Waals surface area contributed by atoms with Crippen LogP contribution < -0.4 is 15.4 Å². The van der Waals surface area contributed by atoms with Crippen molar-refractivity contribution in [2.24, 2.45) is 0 Å². The number of nitriles is 1.